The van der Waals surface area contributed by atoms with Crippen molar-refractivity contribution in [3.8, 4) is 6.07 Å². The first-order chi connectivity index (χ1) is 12.0. The Kier molecular flexibility index (Phi) is 4.57. The zero-order valence-electron chi connectivity index (χ0n) is 14.1. The molecule has 2 aromatic heterocycles. The lowest BCUT2D eigenvalue weighted by molar-refractivity contribution is -0.128. The van der Waals surface area contributed by atoms with Crippen LogP contribution >= 0.6 is 0 Å². The lowest BCUT2D eigenvalue weighted by Gasteiger charge is -2.14. The van der Waals surface area contributed by atoms with Gasteiger partial charge in [-0.2, -0.15) is 10.4 Å². The van der Waals surface area contributed by atoms with E-state index in [1.165, 1.54) is 0 Å². The average Bonchev–Trinajstić information content (AvgIpc) is 3.29. The smallest absolute Gasteiger partial charge is 0.231 e. The molecule has 2 amide bonds. The van der Waals surface area contributed by atoms with E-state index in [1.807, 2.05) is 19.9 Å². The maximum atomic E-state index is 12.5. The molecule has 1 N–H and O–H groups in total. The quantitative estimate of drug-likeness (QED) is 0.894. The van der Waals surface area contributed by atoms with Crippen molar-refractivity contribution in [3.63, 3.8) is 0 Å². The van der Waals surface area contributed by atoms with Crippen LogP contribution in [0.2, 0.25) is 0 Å². The molecule has 8 heteroatoms. The standard InChI is InChI=1S/C17H19N5O3/c1-11(2)22-9-13(7-18)16(20-22)19-17(24)12-6-15(23)21(8-12)10-14-4-3-5-25-14/h3-5,9,11-12H,6,8,10H2,1-2H3,(H,19,20,24)/t12-/m1/s1. The summed E-state index contributed by atoms with van der Waals surface area (Å²) in [4.78, 5) is 26.2. The largest absolute Gasteiger partial charge is 0.467 e. The van der Waals surface area contributed by atoms with Gasteiger partial charge in [0, 0.05) is 25.2 Å². The summed E-state index contributed by atoms with van der Waals surface area (Å²) in [6, 6.07) is 5.65. The Morgan fingerprint density at radius 3 is 3.00 bits per heavy atom. The molecule has 130 valence electrons. The van der Waals surface area contributed by atoms with Crippen LogP contribution < -0.4 is 5.32 Å². The van der Waals surface area contributed by atoms with E-state index in [-0.39, 0.29) is 30.1 Å². The topological polar surface area (TPSA) is 104 Å². The van der Waals surface area contributed by atoms with Gasteiger partial charge in [0.1, 0.15) is 17.4 Å². The van der Waals surface area contributed by atoms with E-state index in [9.17, 15) is 14.9 Å². The van der Waals surface area contributed by atoms with Crippen LogP contribution in [0.3, 0.4) is 0 Å². The van der Waals surface area contributed by atoms with Gasteiger partial charge in [0.15, 0.2) is 5.82 Å². The Labute approximate surface area is 145 Å². The number of hydrogen-bond acceptors (Lipinski definition) is 5. The highest BCUT2D eigenvalue weighted by molar-refractivity contribution is 5.97. The second kappa shape index (κ2) is 6.81. The first kappa shape index (κ1) is 16.8. The normalized spacial score (nSPS) is 17.1. The number of likely N-dealkylation sites (tertiary alicyclic amines) is 1. The SMILES string of the molecule is CC(C)n1cc(C#N)c(NC(=O)[C@@H]2CC(=O)N(Cc3ccco3)C2)n1. The molecular formula is C17H19N5O3. The lowest BCUT2D eigenvalue weighted by atomic mass is 10.1. The predicted octanol–water partition coefficient (Wildman–Crippen LogP) is 1.92. The molecule has 0 radical (unpaired) electrons. The molecule has 0 bridgehead atoms. The minimum atomic E-state index is -0.474. The Morgan fingerprint density at radius 2 is 2.36 bits per heavy atom. The number of furan rings is 1. The number of amides is 2. The highest BCUT2D eigenvalue weighted by Crippen LogP contribution is 2.23. The molecule has 1 aliphatic rings. The molecule has 0 aliphatic carbocycles. The van der Waals surface area contributed by atoms with Gasteiger partial charge in [0.05, 0.1) is 18.7 Å². The second-order valence-corrected chi connectivity index (χ2v) is 6.32. The zero-order chi connectivity index (χ0) is 18.0. The van der Waals surface area contributed by atoms with Crippen molar-refractivity contribution in [2.24, 2.45) is 5.92 Å². The Morgan fingerprint density at radius 1 is 1.56 bits per heavy atom. The van der Waals surface area contributed by atoms with Gasteiger partial charge in [0.2, 0.25) is 11.8 Å². The monoisotopic (exact) mass is 341 g/mol. The van der Waals surface area contributed by atoms with Crippen molar-refractivity contribution in [2.75, 3.05) is 11.9 Å². The number of carbonyl (C=O) groups is 2. The maximum Gasteiger partial charge on any atom is 0.231 e. The van der Waals surface area contributed by atoms with E-state index in [0.717, 1.165) is 0 Å². The van der Waals surface area contributed by atoms with Crippen molar-refractivity contribution in [1.29, 1.82) is 5.26 Å². The summed E-state index contributed by atoms with van der Waals surface area (Å²) < 4.78 is 6.87. The number of carbonyl (C=O) groups excluding carboxylic acids is 2. The molecule has 3 heterocycles. The molecule has 25 heavy (non-hydrogen) atoms. The van der Waals surface area contributed by atoms with Crippen LogP contribution in [0.4, 0.5) is 5.82 Å². The Bertz CT molecular complexity index is 816. The van der Waals surface area contributed by atoms with Crippen LogP contribution in [0.5, 0.6) is 0 Å². The van der Waals surface area contributed by atoms with Crippen molar-refractivity contribution in [2.45, 2.75) is 32.9 Å². The first-order valence-electron chi connectivity index (χ1n) is 8.08. The van der Waals surface area contributed by atoms with Gasteiger partial charge in [0.25, 0.3) is 0 Å². The minimum absolute atomic E-state index is 0.0783. The molecule has 0 spiro atoms. The summed E-state index contributed by atoms with van der Waals surface area (Å²) in [5.74, 6) is 0.0405. The molecule has 1 saturated heterocycles. The third kappa shape index (κ3) is 3.55. The van der Waals surface area contributed by atoms with Gasteiger partial charge in [-0.3, -0.25) is 14.3 Å². The van der Waals surface area contributed by atoms with Gasteiger partial charge < -0.3 is 14.6 Å². The minimum Gasteiger partial charge on any atom is -0.467 e. The van der Waals surface area contributed by atoms with E-state index in [0.29, 0.717) is 24.4 Å². The third-order valence-corrected chi connectivity index (χ3v) is 4.14. The van der Waals surface area contributed by atoms with Gasteiger partial charge in [-0.05, 0) is 26.0 Å². The first-order valence-corrected chi connectivity index (χ1v) is 8.08. The summed E-state index contributed by atoms with van der Waals surface area (Å²) in [5.41, 5.74) is 0.304. The number of nitrogens with zero attached hydrogens (tertiary/aromatic N) is 4. The summed E-state index contributed by atoms with van der Waals surface area (Å²) in [6.45, 7) is 4.53. The fraction of sp³-hybridized carbons (Fsp3) is 0.412. The van der Waals surface area contributed by atoms with Crippen LogP contribution in [0.15, 0.2) is 29.0 Å². The highest BCUT2D eigenvalue weighted by atomic mass is 16.3. The number of aromatic nitrogens is 2. The summed E-state index contributed by atoms with van der Waals surface area (Å²) in [7, 11) is 0. The number of anilines is 1. The number of nitrogens with one attached hydrogen (secondary N) is 1. The summed E-state index contributed by atoms with van der Waals surface area (Å²) in [5, 5.41) is 16.1. The van der Waals surface area contributed by atoms with E-state index in [4.69, 9.17) is 4.42 Å². The zero-order valence-corrected chi connectivity index (χ0v) is 14.1. The average molecular weight is 341 g/mol. The Hall–Kier alpha value is -3.08. The lowest BCUT2D eigenvalue weighted by Crippen LogP contribution is -2.28. The number of hydrogen-bond donors (Lipinski definition) is 1. The van der Waals surface area contributed by atoms with E-state index >= 15 is 0 Å². The van der Waals surface area contributed by atoms with Crippen LogP contribution in [0.1, 0.15) is 37.6 Å². The molecule has 1 aliphatic heterocycles. The molecular weight excluding hydrogens is 322 g/mol. The molecule has 8 nitrogen and oxygen atoms in total. The molecule has 2 aromatic rings. The summed E-state index contributed by atoms with van der Waals surface area (Å²) >= 11 is 0. The number of rotatable bonds is 5. The van der Waals surface area contributed by atoms with Crippen LogP contribution in [-0.4, -0.2) is 33.0 Å². The van der Waals surface area contributed by atoms with Crippen molar-refractivity contribution < 1.29 is 14.0 Å². The predicted molar refractivity (Wildman–Crippen MR) is 88.2 cm³/mol. The van der Waals surface area contributed by atoms with Crippen LogP contribution in [0, 0.1) is 17.2 Å². The van der Waals surface area contributed by atoms with E-state index in [2.05, 4.69) is 10.4 Å². The Balaban J connectivity index is 1.66. The van der Waals surface area contributed by atoms with Crippen LogP contribution in [0.25, 0.3) is 0 Å². The number of nitriles is 1. The molecule has 0 aromatic carbocycles. The molecule has 1 fully saturated rings. The van der Waals surface area contributed by atoms with Gasteiger partial charge in [-0.15, -0.1) is 0 Å². The third-order valence-electron chi connectivity index (χ3n) is 4.14. The van der Waals surface area contributed by atoms with Crippen molar-refractivity contribution in [1.82, 2.24) is 14.7 Å². The maximum absolute atomic E-state index is 12.5. The van der Waals surface area contributed by atoms with Gasteiger partial charge >= 0.3 is 0 Å². The van der Waals surface area contributed by atoms with Crippen molar-refractivity contribution in [3.05, 3.63) is 35.9 Å². The molecule has 1 atom stereocenters. The van der Waals surface area contributed by atoms with Crippen molar-refractivity contribution >= 4 is 17.6 Å². The second-order valence-electron chi connectivity index (χ2n) is 6.32. The van der Waals surface area contributed by atoms with Crippen LogP contribution in [-0.2, 0) is 16.1 Å². The van der Waals surface area contributed by atoms with Gasteiger partial charge in [-0.1, -0.05) is 0 Å². The molecule has 0 unspecified atom stereocenters. The van der Waals surface area contributed by atoms with Gasteiger partial charge in [-0.25, -0.2) is 0 Å². The summed E-state index contributed by atoms with van der Waals surface area (Å²) in [6.07, 6.45) is 3.29. The highest BCUT2D eigenvalue weighted by Gasteiger charge is 2.35. The van der Waals surface area contributed by atoms with E-state index in [1.54, 1.807) is 34.2 Å². The molecule has 0 saturated carbocycles. The molecule has 3 rings (SSSR count). The fourth-order valence-electron chi connectivity index (χ4n) is 2.74. The fourth-order valence-corrected chi connectivity index (χ4v) is 2.74. The van der Waals surface area contributed by atoms with E-state index < -0.39 is 5.92 Å².